The number of aliphatic hydroxyl groups is 1. The Balaban J connectivity index is 2.11. The minimum Gasteiger partial charge on any atom is -0.386 e. The third-order valence-corrected chi connectivity index (χ3v) is 4.86. The monoisotopic (exact) mass is 319 g/mol. The van der Waals surface area contributed by atoms with E-state index < -0.39 is 32.7 Å². The number of hydrogen-bond donors (Lipinski definition) is 2. The van der Waals surface area contributed by atoms with E-state index in [1.165, 1.54) is 11.3 Å². The average Bonchev–Trinajstić information content (AvgIpc) is 2.88. The highest BCUT2D eigenvalue weighted by Gasteiger charge is 2.18. The minimum absolute atomic E-state index is 0.277. The fourth-order valence-corrected chi connectivity index (χ4v) is 3.33. The predicted octanol–water partition coefficient (Wildman–Crippen LogP) is 2.04. The van der Waals surface area contributed by atoms with Crippen molar-refractivity contribution < 1.29 is 22.3 Å². The van der Waals surface area contributed by atoms with Crippen molar-refractivity contribution in [2.24, 2.45) is 0 Å². The Morgan fingerprint density at radius 2 is 1.90 bits per heavy atom. The highest BCUT2D eigenvalue weighted by atomic mass is 32.2. The van der Waals surface area contributed by atoms with Gasteiger partial charge in [0, 0.05) is 17.5 Å². The van der Waals surface area contributed by atoms with E-state index in [-0.39, 0.29) is 6.54 Å². The molecule has 1 aromatic carbocycles. The van der Waals surface area contributed by atoms with Crippen LogP contribution in [0.4, 0.5) is 8.78 Å². The van der Waals surface area contributed by atoms with Crippen molar-refractivity contribution in [3.63, 3.8) is 0 Å². The molecule has 2 rings (SSSR count). The summed E-state index contributed by atoms with van der Waals surface area (Å²) < 4.78 is 51.8. The molecule has 1 atom stereocenters. The zero-order valence-electron chi connectivity index (χ0n) is 10.1. The third kappa shape index (κ3) is 3.60. The van der Waals surface area contributed by atoms with Crippen molar-refractivity contribution in [2.75, 3.05) is 6.54 Å². The quantitative estimate of drug-likeness (QED) is 0.886. The van der Waals surface area contributed by atoms with Crippen molar-refractivity contribution in [3.05, 3.63) is 52.2 Å². The third-order valence-electron chi connectivity index (χ3n) is 2.48. The molecule has 0 saturated heterocycles. The standard InChI is InChI=1S/C12H11F2NO3S2/c13-8-4-9(14)6-10(5-8)20(17,18)15-7-11(16)12-2-1-3-19-12/h1-6,11,15-16H,7H2. The van der Waals surface area contributed by atoms with Crippen LogP contribution in [0.1, 0.15) is 11.0 Å². The fourth-order valence-electron chi connectivity index (χ4n) is 1.54. The second-order valence-electron chi connectivity index (χ2n) is 3.99. The lowest BCUT2D eigenvalue weighted by Crippen LogP contribution is -2.28. The van der Waals surface area contributed by atoms with Crippen molar-refractivity contribution in [3.8, 4) is 0 Å². The molecule has 0 bridgehead atoms. The highest BCUT2D eigenvalue weighted by Crippen LogP contribution is 2.19. The van der Waals surface area contributed by atoms with Gasteiger partial charge in [-0.05, 0) is 23.6 Å². The Kier molecular flexibility index (Phi) is 4.48. The van der Waals surface area contributed by atoms with E-state index in [2.05, 4.69) is 4.72 Å². The van der Waals surface area contributed by atoms with Gasteiger partial charge in [0.25, 0.3) is 0 Å². The lowest BCUT2D eigenvalue weighted by atomic mass is 10.3. The Morgan fingerprint density at radius 1 is 1.25 bits per heavy atom. The molecule has 108 valence electrons. The van der Waals surface area contributed by atoms with Crippen molar-refractivity contribution in [1.82, 2.24) is 4.72 Å². The van der Waals surface area contributed by atoms with Crippen LogP contribution in [-0.2, 0) is 10.0 Å². The molecule has 0 radical (unpaired) electrons. The number of aliphatic hydroxyl groups excluding tert-OH is 1. The van der Waals surface area contributed by atoms with Crippen LogP contribution in [0.3, 0.4) is 0 Å². The van der Waals surface area contributed by atoms with Gasteiger partial charge in [-0.1, -0.05) is 6.07 Å². The summed E-state index contributed by atoms with van der Waals surface area (Å²) in [5.41, 5.74) is 0. The summed E-state index contributed by atoms with van der Waals surface area (Å²) in [5.74, 6) is -1.96. The zero-order valence-corrected chi connectivity index (χ0v) is 11.7. The molecule has 2 aromatic rings. The summed E-state index contributed by atoms with van der Waals surface area (Å²) in [5, 5.41) is 11.5. The Hall–Kier alpha value is -1.35. The summed E-state index contributed by atoms with van der Waals surface area (Å²) >= 11 is 1.28. The van der Waals surface area contributed by atoms with Gasteiger partial charge in [-0.25, -0.2) is 21.9 Å². The van der Waals surface area contributed by atoms with E-state index >= 15 is 0 Å². The molecule has 0 spiro atoms. The molecule has 2 N–H and O–H groups in total. The summed E-state index contributed by atoms with van der Waals surface area (Å²) in [6.45, 7) is -0.277. The van der Waals surface area contributed by atoms with Crippen LogP contribution in [0.5, 0.6) is 0 Å². The number of hydrogen-bond acceptors (Lipinski definition) is 4. The van der Waals surface area contributed by atoms with Crippen LogP contribution in [0.2, 0.25) is 0 Å². The van der Waals surface area contributed by atoms with E-state index in [9.17, 15) is 22.3 Å². The normalized spacial score (nSPS) is 13.3. The van der Waals surface area contributed by atoms with Gasteiger partial charge < -0.3 is 5.11 Å². The SMILES string of the molecule is O=S(=O)(NCC(O)c1cccs1)c1cc(F)cc(F)c1. The van der Waals surface area contributed by atoms with Crippen LogP contribution in [-0.4, -0.2) is 20.1 Å². The van der Waals surface area contributed by atoms with Crippen LogP contribution in [0, 0.1) is 11.6 Å². The van der Waals surface area contributed by atoms with Gasteiger partial charge in [0.15, 0.2) is 0 Å². The molecule has 8 heteroatoms. The van der Waals surface area contributed by atoms with Gasteiger partial charge in [-0.15, -0.1) is 11.3 Å². The van der Waals surface area contributed by atoms with E-state index in [4.69, 9.17) is 0 Å². The summed E-state index contributed by atoms with van der Waals surface area (Å²) in [6.07, 6.45) is -1.01. The maximum absolute atomic E-state index is 13.0. The molecule has 0 aliphatic rings. The molecular weight excluding hydrogens is 308 g/mol. The Morgan fingerprint density at radius 3 is 2.45 bits per heavy atom. The fraction of sp³-hybridized carbons (Fsp3) is 0.167. The number of rotatable bonds is 5. The second kappa shape index (κ2) is 5.96. The van der Waals surface area contributed by atoms with E-state index in [0.29, 0.717) is 23.1 Å². The first-order valence-electron chi connectivity index (χ1n) is 5.56. The van der Waals surface area contributed by atoms with Gasteiger partial charge in [0.2, 0.25) is 10.0 Å². The number of thiophene rings is 1. The largest absolute Gasteiger partial charge is 0.386 e. The second-order valence-corrected chi connectivity index (χ2v) is 6.73. The summed E-state index contributed by atoms with van der Waals surface area (Å²) in [7, 11) is -4.08. The molecular formula is C12H11F2NO3S2. The first-order valence-corrected chi connectivity index (χ1v) is 7.92. The predicted molar refractivity (Wildman–Crippen MR) is 70.8 cm³/mol. The van der Waals surface area contributed by atoms with Gasteiger partial charge in [0.05, 0.1) is 4.90 Å². The Labute approximate surface area is 118 Å². The van der Waals surface area contributed by atoms with Crippen LogP contribution in [0.25, 0.3) is 0 Å². The molecule has 1 aromatic heterocycles. The zero-order chi connectivity index (χ0) is 14.8. The van der Waals surface area contributed by atoms with E-state index in [1.807, 2.05) is 0 Å². The Bertz CT molecular complexity index is 666. The van der Waals surface area contributed by atoms with Crippen LogP contribution >= 0.6 is 11.3 Å². The number of halogens is 2. The number of benzene rings is 1. The van der Waals surface area contributed by atoms with Crippen molar-refractivity contribution in [1.29, 1.82) is 0 Å². The first kappa shape index (κ1) is 15.0. The molecule has 0 saturated carbocycles. The van der Waals surface area contributed by atoms with Gasteiger partial charge in [-0.2, -0.15) is 0 Å². The van der Waals surface area contributed by atoms with Crippen LogP contribution < -0.4 is 4.72 Å². The summed E-state index contributed by atoms with van der Waals surface area (Å²) in [4.78, 5) is 0.0755. The smallest absolute Gasteiger partial charge is 0.240 e. The molecule has 0 aliphatic carbocycles. The highest BCUT2D eigenvalue weighted by molar-refractivity contribution is 7.89. The molecule has 4 nitrogen and oxygen atoms in total. The maximum atomic E-state index is 13.0. The lowest BCUT2D eigenvalue weighted by Gasteiger charge is -2.11. The number of sulfonamides is 1. The van der Waals surface area contributed by atoms with E-state index in [0.717, 1.165) is 0 Å². The molecule has 1 heterocycles. The van der Waals surface area contributed by atoms with Gasteiger partial charge >= 0.3 is 0 Å². The van der Waals surface area contributed by atoms with Crippen molar-refractivity contribution in [2.45, 2.75) is 11.0 Å². The number of nitrogens with one attached hydrogen (secondary N) is 1. The average molecular weight is 319 g/mol. The molecule has 0 aliphatic heterocycles. The molecule has 1 unspecified atom stereocenters. The molecule has 20 heavy (non-hydrogen) atoms. The minimum atomic E-state index is -4.08. The van der Waals surface area contributed by atoms with Gasteiger partial charge in [0.1, 0.15) is 17.7 Å². The maximum Gasteiger partial charge on any atom is 0.240 e. The molecule has 0 amide bonds. The van der Waals surface area contributed by atoms with E-state index in [1.54, 1.807) is 17.5 Å². The van der Waals surface area contributed by atoms with Gasteiger partial charge in [-0.3, -0.25) is 0 Å². The first-order chi connectivity index (χ1) is 9.38. The topological polar surface area (TPSA) is 66.4 Å². The molecule has 0 fully saturated rings. The van der Waals surface area contributed by atoms with Crippen molar-refractivity contribution >= 4 is 21.4 Å². The lowest BCUT2D eigenvalue weighted by molar-refractivity contribution is 0.186. The summed E-state index contributed by atoms with van der Waals surface area (Å²) in [6, 6.07) is 5.39. The van der Waals surface area contributed by atoms with Crippen LogP contribution in [0.15, 0.2) is 40.6 Å².